The smallest absolute Gasteiger partial charge is 0.408 e. The molecule has 0 bridgehead atoms. The van der Waals surface area contributed by atoms with Gasteiger partial charge in [0.2, 0.25) is 5.91 Å². The van der Waals surface area contributed by atoms with E-state index in [0.717, 1.165) is 16.7 Å². The van der Waals surface area contributed by atoms with Crippen molar-refractivity contribution in [2.45, 2.75) is 52.2 Å². The van der Waals surface area contributed by atoms with Crippen LogP contribution in [0.1, 0.15) is 36.1 Å². The molecule has 0 aliphatic rings. The number of carbonyl (C=O) groups is 3. The molecule has 0 spiro atoms. The third-order valence-electron chi connectivity index (χ3n) is 6.96. The minimum Gasteiger partial charge on any atom is -0.504 e. The van der Waals surface area contributed by atoms with Crippen LogP contribution in [0.5, 0.6) is 11.5 Å². The quantitative estimate of drug-likeness (QED) is 0.157. The molecule has 4 aromatic rings. The van der Waals surface area contributed by atoms with Crippen molar-refractivity contribution in [1.29, 1.82) is 0 Å². The minimum absolute atomic E-state index is 0.0186. The summed E-state index contributed by atoms with van der Waals surface area (Å²) in [7, 11) is 0. The number of phenols is 1. The lowest BCUT2D eigenvalue weighted by Crippen LogP contribution is -2.54. The molecular weight excluding hydrogens is 572 g/mol. The molecule has 0 aliphatic carbocycles. The highest BCUT2D eigenvalue weighted by molar-refractivity contribution is 5.90. The van der Waals surface area contributed by atoms with E-state index >= 15 is 0 Å². The zero-order valence-electron chi connectivity index (χ0n) is 25.3. The van der Waals surface area contributed by atoms with Gasteiger partial charge in [0.15, 0.2) is 11.5 Å². The summed E-state index contributed by atoms with van der Waals surface area (Å²) >= 11 is 0. The van der Waals surface area contributed by atoms with Crippen LogP contribution >= 0.6 is 0 Å². The molecule has 0 saturated heterocycles. The maximum absolute atomic E-state index is 13.5. The topological polar surface area (TPSA) is 123 Å². The largest absolute Gasteiger partial charge is 0.504 e. The van der Waals surface area contributed by atoms with Crippen molar-refractivity contribution in [3.05, 3.63) is 131 Å². The molecule has 4 aromatic carbocycles. The van der Waals surface area contributed by atoms with Gasteiger partial charge in [-0.15, -0.1) is 0 Å². The van der Waals surface area contributed by atoms with Crippen LogP contribution in [-0.2, 0) is 45.3 Å². The molecule has 9 nitrogen and oxygen atoms in total. The third-order valence-corrected chi connectivity index (χ3v) is 6.96. The average Bonchev–Trinajstić information content (AvgIpc) is 3.06. The minimum atomic E-state index is -1.10. The number of hydrogen-bond donors (Lipinski definition) is 3. The van der Waals surface area contributed by atoms with Crippen molar-refractivity contribution in [2.75, 3.05) is 0 Å². The Morgan fingerprint density at radius 1 is 0.667 bits per heavy atom. The van der Waals surface area contributed by atoms with Gasteiger partial charge < -0.3 is 30.0 Å². The van der Waals surface area contributed by atoms with Crippen LogP contribution in [0.2, 0.25) is 0 Å². The van der Waals surface area contributed by atoms with Crippen LogP contribution in [0.15, 0.2) is 109 Å². The van der Waals surface area contributed by atoms with Crippen LogP contribution in [0, 0.1) is 5.92 Å². The second-order valence-corrected chi connectivity index (χ2v) is 10.9. The van der Waals surface area contributed by atoms with E-state index in [9.17, 15) is 19.5 Å². The monoisotopic (exact) mass is 610 g/mol. The van der Waals surface area contributed by atoms with E-state index in [4.69, 9.17) is 14.2 Å². The first-order valence-electron chi connectivity index (χ1n) is 14.7. The summed E-state index contributed by atoms with van der Waals surface area (Å²) in [5.74, 6) is -1.35. The molecule has 234 valence electrons. The van der Waals surface area contributed by atoms with Crippen LogP contribution in [0.3, 0.4) is 0 Å². The molecule has 2 amide bonds. The Morgan fingerprint density at radius 3 is 1.76 bits per heavy atom. The highest BCUT2D eigenvalue weighted by Crippen LogP contribution is 2.28. The number of hydrogen-bond acceptors (Lipinski definition) is 7. The number of aromatic hydroxyl groups is 1. The SMILES string of the molecule is CC(C)[C@H](NC(=O)OCc1ccccc1)C(=O)N[C@@H](Cc1ccc(O)c(OCc2ccccc2)c1)C(=O)OCc1ccccc1. The Balaban J connectivity index is 1.46. The second-order valence-electron chi connectivity index (χ2n) is 10.9. The number of nitrogens with one attached hydrogen (secondary N) is 2. The lowest BCUT2D eigenvalue weighted by atomic mass is 10.0. The lowest BCUT2D eigenvalue weighted by molar-refractivity contribution is -0.149. The molecule has 2 atom stereocenters. The fourth-order valence-corrected chi connectivity index (χ4v) is 4.48. The van der Waals surface area contributed by atoms with E-state index in [0.29, 0.717) is 5.56 Å². The number of carbonyl (C=O) groups excluding carboxylic acids is 3. The Labute approximate surface area is 263 Å². The highest BCUT2D eigenvalue weighted by Gasteiger charge is 2.30. The maximum Gasteiger partial charge on any atom is 0.408 e. The molecule has 0 unspecified atom stereocenters. The van der Waals surface area contributed by atoms with Crippen LogP contribution in [0.25, 0.3) is 0 Å². The fourth-order valence-electron chi connectivity index (χ4n) is 4.48. The first-order chi connectivity index (χ1) is 21.8. The molecule has 0 fully saturated rings. The van der Waals surface area contributed by atoms with E-state index in [1.807, 2.05) is 91.0 Å². The van der Waals surface area contributed by atoms with Crippen molar-refractivity contribution in [1.82, 2.24) is 10.6 Å². The molecule has 0 aliphatic heterocycles. The molecular formula is C36H38N2O7. The summed E-state index contributed by atoms with van der Waals surface area (Å²) in [6.07, 6.45) is -0.709. The van der Waals surface area contributed by atoms with Gasteiger partial charge in [-0.2, -0.15) is 0 Å². The van der Waals surface area contributed by atoms with E-state index in [2.05, 4.69) is 10.6 Å². The molecule has 4 rings (SSSR count). The highest BCUT2D eigenvalue weighted by atomic mass is 16.5. The van der Waals surface area contributed by atoms with Gasteiger partial charge in [-0.05, 0) is 40.3 Å². The number of phenolic OH excluding ortho intramolecular Hbond substituents is 1. The first-order valence-corrected chi connectivity index (χ1v) is 14.7. The van der Waals surface area contributed by atoms with Gasteiger partial charge in [-0.25, -0.2) is 9.59 Å². The fraction of sp³-hybridized carbons (Fsp3) is 0.250. The number of benzene rings is 4. The van der Waals surface area contributed by atoms with Gasteiger partial charge in [0.05, 0.1) is 0 Å². The summed E-state index contributed by atoms with van der Waals surface area (Å²) in [5, 5.41) is 15.8. The third kappa shape index (κ3) is 10.4. The standard InChI is InChI=1S/C36H38N2O7/c1-25(2)33(38-36(42)45-24-28-16-10-5-11-17-28)34(40)37-30(35(41)44-23-27-14-8-4-9-15-27)20-29-18-19-31(39)32(21-29)43-22-26-12-6-3-7-13-26/h3-19,21,25,30,33,39H,20,22-24H2,1-2H3,(H,37,40)(H,38,42)/t30-,33-/m0/s1. The Bertz CT molecular complexity index is 1530. The van der Waals surface area contributed by atoms with Gasteiger partial charge in [-0.1, -0.05) is 111 Å². The van der Waals surface area contributed by atoms with E-state index < -0.39 is 30.1 Å². The molecule has 9 heteroatoms. The second kappa shape index (κ2) is 16.5. The van der Waals surface area contributed by atoms with Crippen molar-refractivity contribution in [3.8, 4) is 11.5 Å². The number of amides is 2. The van der Waals surface area contributed by atoms with Crippen LogP contribution < -0.4 is 15.4 Å². The van der Waals surface area contributed by atoms with Crippen molar-refractivity contribution in [2.24, 2.45) is 5.92 Å². The van der Waals surface area contributed by atoms with Gasteiger partial charge in [0.25, 0.3) is 0 Å². The van der Waals surface area contributed by atoms with Crippen LogP contribution in [0.4, 0.5) is 4.79 Å². The van der Waals surface area contributed by atoms with E-state index in [1.54, 1.807) is 26.0 Å². The van der Waals surface area contributed by atoms with Gasteiger partial charge >= 0.3 is 12.1 Å². The van der Waals surface area contributed by atoms with Gasteiger partial charge in [-0.3, -0.25) is 4.79 Å². The molecule has 3 N–H and O–H groups in total. The zero-order chi connectivity index (χ0) is 32.0. The molecule has 0 aromatic heterocycles. The number of esters is 1. The summed E-state index contributed by atoms with van der Waals surface area (Å²) in [6.45, 7) is 3.86. The predicted octanol–water partition coefficient (Wildman–Crippen LogP) is 5.69. The summed E-state index contributed by atoms with van der Waals surface area (Å²) in [4.78, 5) is 39.5. The number of alkyl carbamates (subject to hydrolysis) is 1. The summed E-state index contributed by atoms with van der Waals surface area (Å²) in [5.41, 5.74) is 3.14. The Morgan fingerprint density at radius 2 is 1.20 bits per heavy atom. The lowest BCUT2D eigenvalue weighted by Gasteiger charge is -2.25. The van der Waals surface area contributed by atoms with Crippen molar-refractivity contribution in [3.63, 3.8) is 0 Å². The predicted molar refractivity (Wildman–Crippen MR) is 169 cm³/mol. The van der Waals surface area contributed by atoms with Crippen LogP contribution in [-0.4, -0.2) is 35.2 Å². The number of rotatable bonds is 14. The zero-order valence-corrected chi connectivity index (χ0v) is 25.3. The molecule has 0 saturated carbocycles. The Hall–Kier alpha value is -5.31. The maximum atomic E-state index is 13.5. The summed E-state index contributed by atoms with van der Waals surface area (Å²) < 4.78 is 16.7. The first kappa shape index (κ1) is 32.6. The molecule has 0 heterocycles. The summed E-state index contributed by atoms with van der Waals surface area (Å²) in [6, 6.07) is 30.6. The average molecular weight is 611 g/mol. The van der Waals surface area contributed by atoms with Crippen molar-refractivity contribution < 1.29 is 33.7 Å². The molecule has 0 radical (unpaired) electrons. The number of ether oxygens (including phenoxy) is 3. The van der Waals surface area contributed by atoms with Gasteiger partial charge in [0.1, 0.15) is 31.9 Å². The van der Waals surface area contributed by atoms with Crippen molar-refractivity contribution >= 4 is 18.0 Å². The Kier molecular flexibility index (Phi) is 12.0. The molecule has 45 heavy (non-hydrogen) atoms. The van der Waals surface area contributed by atoms with E-state index in [-0.39, 0.29) is 43.7 Å². The normalized spacial score (nSPS) is 12.1. The van der Waals surface area contributed by atoms with E-state index in [1.165, 1.54) is 6.07 Å². The van der Waals surface area contributed by atoms with Gasteiger partial charge in [0, 0.05) is 6.42 Å².